The minimum absolute atomic E-state index is 0.259. The molecule has 0 aliphatic carbocycles. The summed E-state index contributed by atoms with van der Waals surface area (Å²) in [7, 11) is 1.10. The highest BCUT2D eigenvalue weighted by Crippen LogP contribution is 2.34. The monoisotopic (exact) mass is 382 g/mol. The lowest BCUT2D eigenvalue weighted by Crippen LogP contribution is -2.07. The third-order valence-electron chi connectivity index (χ3n) is 3.38. The van der Waals surface area contributed by atoms with Crippen molar-refractivity contribution in [2.45, 2.75) is 26.2 Å². The minimum Gasteiger partial charge on any atom is -0.491 e. The van der Waals surface area contributed by atoms with Gasteiger partial charge in [-0.1, -0.05) is 13.3 Å². The maximum absolute atomic E-state index is 13.6. The van der Waals surface area contributed by atoms with Crippen molar-refractivity contribution in [2.75, 3.05) is 7.11 Å². The summed E-state index contributed by atoms with van der Waals surface area (Å²) in [6, 6.07) is 6.55. The Labute approximate surface area is 153 Å². The van der Waals surface area contributed by atoms with Gasteiger partial charge >= 0.3 is 5.97 Å². The molecule has 0 fully saturated rings. The third-order valence-corrected chi connectivity index (χ3v) is 3.38. The Morgan fingerprint density at radius 1 is 1.07 bits per heavy atom. The van der Waals surface area contributed by atoms with Gasteiger partial charge < -0.3 is 4.74 Å². The molecule has 2 aromatic carbocycles. The summed E-state index contributed by atoms with van der Waals surface area (Å²) in [4.78, 5) is 20.9. The molecule has 0 aromatic heterocycles. The lowest BCUT2D eigenvalue weighted by Gasteiger charge is -2.06. The van der Waals surface area contributed by atoms with Crippen LogP contribution in [0.2, 0.25) is 0 Å². The second-order valence-electron chi connectivity index (χ2n) is 5.37. The number of hydrogen-bond donors (Lipinski definition) is 0. The number of methoxy groups -OCH3 is 1. The molecule has 0 bridgehead atoms. The molecular weight excluding hydrogens is 365 g/mol. The van der Waals surface area contributed by atoms with E-state index < -0.39 is 29.2 Å². The number of nitrogens with zero attached hydrogens (tertiary/aromatic N) is 2. The van der Waals surface area contributed by atoms with E-state index >= 15 is 0 Å². The number of ether oxygens (including phenoxy) is 1. The van der Waals surface area contributed by atoms with Crippen LogP contribution in [0.3, 0.4) is 0 Å². The largest absolute Gasteiger partial charge is 0.491 e. The molecule has 9 heteroatoms. The second kappa shape index (κ2) is 9.56. The first kappa shape index (κ1) is 20.2. The van der Waals surface area contributed by atoms with Crippen LogP contribution in [0.25, 0.3) is 0 Å². The van der Waals surface area contributed by atoms with Crippen LogP contribution < -0.4 is 9.62 Å². The molecule has 6 nitrogen and oxygen atoms in total. The van der Waals surface area contributed by atoms with Crippen molar-refractivity contribution >= 4 is 17.3 Å². The van der Waals surface area contributed by atoms with Crippen LogP contribution in [0.15, 0.2) is 40.6 Å². The predicted octanol–water partition coefficient (Wildman–Crippen LogP) is 5.56. The molecule has 144 valence electrons. The minimum atomic E-state index is -1.65. The van der Waals surface area contributed by atoms with Gasteiger partial charge in [-0.2, -0.15) is 9.50 Å². The Bertz CT molecular complexity index is 826. The smallest absolute Gasteiger partial charge is 0.355 e. The van der Waals surface area contributed by atoms with Crippen LogP contribution >= 0.6 is 0 Å². The van der Waals surface area contributed by atoms with Crippen molar-refractivity contribution in [3.05, 3.63) is 47.8 Å². The van der Waals surface area contributed by atoms with Gasteiger partial charge in [-0.3, -0.25) is 9.78 Å². The first-order chi connectivity index (χ1) is 13.0. The molecule has 0 saturated carbocycles. The zero-order chi connectivity index (χ0) is 19.8. The van der Waals surface area contributed by atoms with Gasteiger partial charge in [0, 0.05) is 6.07 Å². The average Bonchev–Trinajstić information content (AvgIpc) is 2.68. The summed E-state index contributed by atoms with van der Waals surface area (Å²) in [5.41, 5.74) is 0.00550. The fraction of sp³-hybridized carbons (Fsp3) is 0.278. The van der Waals surface area contributed by atoms with Gasteiger partial charge in [0.1, 0.15) is 5.69 Å². The van der Waals surface area contributed by atoms with Gasteiger partial charge in [0.15, 0.2) is 23.1 Å². The quantitative estimate of drug-likeness (QED) is 0.260. The van der Waals surface area contributed by atoms with Crippen LogP contribution in [-0.2, 0) is 9.68 Å². The molecule has 0 atom stereocenters. The van der Waals surface area contributed by atoms with Crippen LogP contribution in [0, 0.1) is 17.5 Å². The summed E-state index contributed by atoms with van der Waals surface area (Å²) in [5.74, 6) is -5.32. The molecule has 27 heavy (non-hydrogen) atoms. The van der Waals surface area contributed by atoms with E-state index in [0.29, 0.717) is 18.2 Å². The molecule has 0 amide bonds. The van der Waals surface area contributed by atoms with E-state index in [1.807, 2.05) is 6.92 Å². The fourth-order valence-electron chi connectivity index (χ4n) is 1.97. The maximum atomic E-state index is 13.6. The number of halogens is 3. The molecular formula is C18H17F3N2O4. The van der Waals surface area contributed by atoms with Gasteiger partial charge in [0.25, 0.3) is 0 Å². The van der Waals surface area contributed by atoms with Crippen molar-refractivity contribution in [3.8, 4) is 11.5 Å². The molecule has 0 saturated heterocycles. The molecule has 0 aliphatic rings. The summed E-state index contributed by atoms with van der Waals surface area (Å²) in [6.45, 7) is 1.95. The summed E-state index contributed by atoms with van der Waals surface area (Å²) >= 11 is 0. The lowest BCUT2D eigenvalue weighted by molar-refractivity contribution is -0.213. The number of unbranched alkanes of at least 4 members (excludes halogenated alkanes) is 1. The highest BCUT2D eigenvalue weighted by Gasteiger charge is 2.19. The van der Waals surface area contributed by atoms with E-state index in [-0.39, 0.29) is 17.9 Å². The van der Waals surface area contributed by atoms with Gasteiger partial charge in [0.2, 0.25) is 5.82 Å². The maximum Gasteiger partial charge on any atom is 0.355 e. The highest BCUT2D eigenvalue weighted by molar-refractivity contribution is 5.68. The SMILES string of the molecule is CCCCC(=O)OOc1ccc(N=Nc2cc(F)c(F)c(F)c2OC)cc1. The van der Waals surface area contributed by atoms with Gasteiger partial charge in [-0.25, -0.2) is 13.6 Å². The zero-order valence-electron chi connectivity index (χ0n) is 14.7. The number of benzene rings is 2. The third kappa shape index (κ3) is 5.44. The normalized spacial score (nSPS) is 10.9. The van der Waals surface area contributed by atoms with Gasteiger partial charge in [-0.15, -0.1) is 5.11 Å². The molecule has 0 unspecified atom stereocenters. The van der Waals surface area contributed by atoms with Crippen molar-refractivity contribution in [2.24, 2.45) is 10.2 Å². The number of carbonyl (C=O) groups excluding carboxylic acids is 1. The van der Waals surface area contributed by atoms with E-state index in [9.17, 15) is 18.0 Å². The van der Waals surface area contributed by atoms with E-state index in [1.165, 1.54) is 24.3 Å². The predicted molar refractivity (Wildman–Crippen MR) is 89.7 cm³/mol. The number of azo groups is 1. The molecule has 2 aromatic rings. The van der Waals surface area contributed by atoms with E-state index in [4.69, 9.17) is 9.62 Å². The molecule has 0 radical (unpaired) electrons. The Balaban J connectivity index is 2.05. The summed E-state index contributed by atoms with van der Waals surface area (Å²) in [5, 5.41) is 7.47. The number of rotatable bonds is 8. The van der Waals surface area contributed by atoms with Crippen molar-refractivity contribution in [3.63, 3.8) is 0 Å². The first-order valence-electron chi connectivity index (χ1n) is 8.06. The van der Waals surface area contributed by atoms with Crippen molar-refractivity contribution in [1.82, 2.24) is 0 Å². The fourth-order valence-corrected chi connectivity index (χ4v) is 1.97. The summed E-state index contributed by atoms with van der Waals surface area (Å²) in [6.07, 6.45) is 1.83. The number of carbonyl (C=O) groups is 1. The van der Waals surface area contributed by atoms with E-state index in [2.05, 4.69) is 15.1 Å². The lowest BCUT2D eigenvalue weighted by atomic mass is 10.2. The highest BCUT2D eigenvalue weighted by atomic mass is 19.2. The average molecular weight is 382 g/mol. The zero-order valence-corrected chi connectivity index (χ0v) is 14.7. The van der Waals surface area contributed by atoms with E-state index in [1.54, 1.807) is 0 Å². The summed E-state index contributed by atoms with van der Waals surface area (Å²) < 4.78 is 44.9. The Kier molecular flexibility index (Phi) is 7.16. The van der Waals surface area contributed by atoms with E-state index in [0.717, 1.165) is 13.5 Å². The molecule has 2 rings (SSSR count). The van der Waals surface area contributed by atoms with Gasteiger partial charge in [0.05, 0.1) is 19.2 Å². The standard InChI is InChI=1S/C18H17F3N2O4/c1-3-4-5-15(24)27-26-12-8-6-11(7-9-12)22-23-14-10-13(19)16(20)17(21)18(14)25-2/h6-10H,3-5H2,1-2H3. The molecule has 0 aliphatic heterocycles. The molecule has 0 spiro atoms. The van der Waals surface area contributed by atoms with Crippen LogP contribution in [-0.4, -0.2) is 13.1 Å². The Hall–Kier alpha value is -3.10. The Morgan fingerprint density at radius 2 is 1.78 bits per heavy atom. The molecule has 0 heterocycles. The van der Waals surface area contributed by atoms with Crippen LogP contribution in [0.1, 0.15) is 26.2 Å². The topological polar surface area (TPSA) is 69.5 Å². The molecule has 0 N–H and O–H groups in total. The van der Waals surface area contributed by atoms with Gasteiger partial charge in [-0.05, 0) is 30.7 Å². The van der Waals surface area contributed by atoms with Crippen LogP contribution in [0.4, 0.5) is 24.5 Å². The first-order valence-corrected chi connectivity index (χ1v) is 8.06. The van der Waals surface area contributed by atoms with Crippen LogP contribution in [0.5, 0.6) is 11.5 Å². The van der Waals surface area contributed by atoms with Crippen molar-refractivity contribution in [1.29, 1.82) is 0 Å². The Morgan fingerprint density at radius 3 is 2.41 bits per heavy atom. The van der Waals surface area contributed by atoms with Crippen molar-refractivity contribution < 1.29 is 32.5 Å². The second-order valence-corrected chi connectivity index (χ2v) is 5.37. The number of hydrogen-bond acceptors (Lipinski definition) is 6.